The van der Waals surface area contributed by atoms with Crippen LogP contribution in [0.15, 0.2) is 71.6 Å². The van der Waals surface area contributed by atoms with Gasteiger partial charge in [-0.25, -0.2) is 13.1 Å². The minimum Gasteiger partial charge on any atom is -0.350 e. The van der Waals surface area contributed by atoms with Crippen LogP contribution in [0.25, 0.3) is 11.1 Å². The van der Waals surface area contributed by atoms with Gasteiger partial charge in [-0.15, -0.1) is 0 Å². The molecule has 7 heteroatoms. The fraction of sp³-hybridized carbons (Fsp3) is 0.296. The van der Waals surface area contributed by atoms with Crippen molar-refractivity contribution < 1.29 is 13.2 Å². The van der Waals surface area contributed by atoms with Gasteiger partial charge in [0.15, 0.2) is 0 Å². The van der Waals surface area contributed by atoms with E-state index in [1.807, 2.05) is 44.2 Å². The Hall–Kier alpha value is -2.67. The third kappa shape index (κ3) is 6.69. The molecule has 0 saturated carbocycles. The summed E-state index contributed by atoms with van der Waals surface area (Å²) < 4.78 is 28.4. The maximum absolute atomic E-state index is 12.9. The van der Waals surface area contributed by atoms with E-state index >= 15 is 0 Å². The molecule has 3 aromatic rings. The Balaban J connectivity index is 2.02. The Labute approximate surface area is 207 Å². The fourth-order valence-corrected chi connectivity index (χ4v) is 4.87. The number of sulfonamides is 1. The predicted octanol–water partition coefficient (Wildman–Crippen LogP) is 5.82. The molecule has 0 aliphatic carbocycles. The summed E-state index contributed by atoms with van der Waals surface area (Å²) in [5, 5.41) is 3.40. The normalized spacial score (nSPS) is 11.7. The zero-order chi connectivity index (χ0) is 24.9. The standard InChI is InChI=1S/C27H31ClN2O3S/c1-18(2)15-20-7-5-6-8-25(20)26-16-21(27(31)30-19(3)4)9-10-22(26)17-29-34(32,33)24-13-11-23(28)12-14-24/h5-14,16,18-19,29H,15,17H2,1-4H3,(H,30,31). The number of halogens is 1. The lowest BCUT2D eigenvalue weighted by Crippen LogP contribution is -2.30. The molecule has 0 bridgehead atoms. The highest BCUT2D eigenvalue weighted by Crippen LogP contribution is 2.30. The number of amides is 1. The van der Waals surface area contributed by atoms with Crippen molar-refractivity contribution in [2.24, 2.45) is 5.92 Å². The lowest BCUT2D eigenvalue weighted by Gasteiger charge is -2.18. The minimum absolute atomic E-state index is 0.00930. The molecule has 2 N–H and O–H groups in total. The molecule has 34 heavy (non-hydrogen) atoms. The number of rotatable bonds is 9. The molecule has 0 spiro atoms. The van der Waals surface area contributed by atoms with Crippen molar-refractivity contribution in [2.45, 2.75) is 51.6 Å². The molecule has 0 atom stereocenters. The molecule has 0 radical (unpaired) electrons. The molecule has 0 aliphatic heterocycles. The van der Waals surface area contributed by atoms with Gasteiger partial charge < -0.3 is 5.32 Å². The summed E-state index contributed by atoms with van der Waals surface area (Å²) in [5.41, 5.74) is 4.31. The van der Waals surface area contributed by atoms with Crippen LogP contribution >= 0.6 is 11.6 Å². The summed E-state index contributed by atoms with van der Waals surface area (Å²) in [4.78, 5) is 12.9. The Morgan fingerprint density at radius 1 is 0.882 bits per heavy atom. The summed E-state index contributed by atoms with van der Waals surface area (Å²) in [5.74, 6) is 0.284. The third-order valence-electron chi connectivity index (χ3n) is 5.30. The van der Waals surface area contributed by atoms with Crippen LogP contribution in [0.5, 0.6) is 0 Å². The SMILES string of the molecule is CC(C)Cc1ccccc1-c1cc(C(=O)NC(C)C)ccc1CNS(=O)(=O)c1ccc(Cl)cc1. The van der Waals surface area contributed by atoms with Crippen molar-refractivity contribution in [3.05, 3.63) is 88.4 Å². The molecule has 0 saturated heterocycles. The molecule has 0 fully saturated rings. The highest BCUT2D eigenvalue weighted by molar-refractivity contribution is 7.89. The molecule has 0 aromatic heterocycles. The second kappa shape index (κ2) is 11.2. The van der Waals surface area contributed by atoms with Gasteiger partial charge in [-0.1, -0.05) is 55.8 Å². The van der Waals surface area contributed by atoms with Gasteiger partial charge in [0.25, 0.3) is 5.91 Å². The van der Waals surface area contributed by atoms with E-state index in [4.69, 9.17) is 11.6 Å². The van der Waals surface area contributed by atoms with E-state index < -0.39 is 10.0 Å². The number of benzene rings is 3. The van der Waals surface area contributed by atoms with Crippen molar-refractivity contribution in [3.63, 3.8) is 0 Å². The molecule has 0 unspecified atom stereocenters. The van der Waals surface area contributed by atoms with Crippen LogP contribution in [0, 0.1) is 5.92 Å². The summed E-state index contributed by atoms with van der Waals surface area (Å²) >= 11 is 5.90. The van der Waals surface area contributed by atoms with Gasteiger partial charge in [0, 0.05) is 23.2 Å². The second-order valence-corrected chi connectivity index (χ2v) is 11.2. The van der Waals surface area contributed by atoms with E-state index in [0.29, 0.717) is 16.5 Å². The zero-order valence-electron chi connectivity index (χ0n) is 19.9. The molecule has 0 heterocycles. The zero-order valence-corrected chi connectivity index (χ0v) is 21.5. The third-order valence-corrected chi connectivity index (χ3v) is 6.97. The number of hydrogen-bond donors (Lipinski definition) is 2. The number of nitrogens with one attached hydrogen (secondary N) is 2. The Bertz CT molecular complexity index is 1250. The van der Waals surface area contributed by atoms with E-state index in [9.17, 15) is 13.2 Å². The van der Waals surface area contributed by atoms with Gasteiger partial charge >= 0.3 is 0 Å². The van der Waals surface area contributed by atoms with Crippen LogP contribution in [0.2, 0.25) is 5.02 Å². The van der Waals surface area contributed by atoms with Gasteiger partial charge in [-0.2, -0.15) is 0 Å². The maximum Gasteiger partial charge on any atom is 0.251 e. The van der Waals surface area contributed by atoms with Crippen LogP contribution < -0.4 is 10.0 Å². The first-order valence-corrected chi connectivity index (χ1v) is 13.2. The molecular weight excluding hydrogens is 468 g/mol. The van der Waals surface area contributed by atoms with Crippen LogP contribution in [0.3, 0.4) is 0 Å². The van der Waals surface area contributed by atoms with E-state index in [1.54, 1.807) is 18.2 Å². The molecule has 3 aromatic carbocycles. The van der Waals surface area contributed by atoms with Gasteiger partial charge in [0.1, 0.15) is 0 Å². The van der Waals surface area contributed by atoms with Gasteiger partial charge in [-0.3, -0.25) is 4.79 Å². The maximum atomic E-state index is 12.9. The first-order valence-electron chi connectivity index (χ1n) is 11.3. The monoisotopic (exact) mass is 498 g/mol. The summed E-state index contributed by atoms with van der Waals surface area (Å²) in [6, 6.07) is 19.5. The van der Waals surface area contributed by atoms with Crippen molar-refractivity contribution in [1.82, 2.24) is 10.0 Å². The topological polar surface area (TPSA) is 75.3 Å². The fourth-order valence-electron chi connectivity index (χ4n) is 3.74. The molecule has 180 valence electrons. The van der Waals surface area contributed by atoms with E-state index in [0.717, 1.165) is 28.7 Å². The Kier molecular flexibility index (Phi) is 8.52. The van der Waals surface area contributed by atoms with E-state index in [2.05, 4.69) is 30.0 Å². The van der Waals surface area contributed by atoms with E-state index in [1.165, 1.54) is 12.1 Å². The molecule has 0 aliphatic rings. The molecule has 3 rings (SSSR count). The first kappa shape index (κ1) is 25.9. The van der Waals surface area contributed by atoms with Crippen molar-refractivity contribution >= 4 is 27.5 Å². The van der Waals surface area contributed by atoms with Gasteiger partial charge in [-0.05, 0) is 84.8 Å². The van der Waals surface area contributed by atoms with E-state index in [-0.39, 0.29) is 23.4 Å². The summed E-state index contributed by atoms with van der Waals surface area (Å²) in [6.45, 7) is 8.23. The highest BCUT2D eigenvalue weighted by atomic mass is 35.5. The smallest absolute Gasteiger partial charge is 0.251 e. The average molecular weight is 499 g/mol. The Morgan fingerprint density at radius 2 is 1.56 bits per heavy atom. The van der Waals surface area contributed by atoms with Gasteiger partial charge in [0.05, 0.1) is 4.90 Å². The predicted molar refractivity (Wildman–Crippen MR) is 138 cm³/mol. The van der Waals surface area contributed by atoms with Crippen molar-refractivity contribution in [3.8, 4) is 11.1 Å². The number of carbonyl (C=O) groups excluding carboxylic acids is 1. The van der Waals surface area contributed by atoms with Crippen LogP contribution in [0.1, 0.15) is 49.2 Å². The summed E-state index contributed by atoms with van der Waals surface area (Å²) in [7, 11) is -3.73. The van der Waals surface area contributed by atoms with Crippen LogP contribution in [-0.4, -0.2) is 20.4 Å². The highest BCUT2D eigenvalue weighted by Gasteiger charge is 2.18. The van der Waals surface area contributed by atoms with Crippen molar-refractivity contribution in [1.29, 1.82) is 0 Å². The second-order valence-electron chi connectivity index (χ2n) is 9.03. The van der Waals surface area contributed by atoms with Crippen LogP contribution in [0.4, 0.5) is 0 Å². The van der Waals surface area contributed by atoms with Crippen LogP contribution in [-0.2, 0) is 23.0 Å². The summed E-state index contributed by atoms with van der Waals surface area (Å²) in [6.07, 6.45) is 0.870. The lowest BCUT2D eigenvalue weighted by molar-refractivity contribution is 0.0943. The van der Waals surface area contributed by atoms with Gasteiger partial charge in [0.2, 0.25) is 10.0 Å². The Morgan fingerprint density at radius 3 is 2.21 bits per heavy atom. The quantitative estimate of drug-likeness (QED) is 0.390. The molecule has 1 amide bonds. The average Bonchev–Trinajstić information content (AvgIpc) is 2.77. The lowest BCUT2D eigenvalue weighted by atomic mass is 9.90. The first-order chi connectivity index (χ1) is 16.1. The largest absolute Gasteiger partial charge is 0.350 e. The molecular formula is C27H31ClN2O3S. The number of hydrogen-bond acceptors (Lipinski definition) is 3. The minimum atomic E-state index is -3.73. The number of carbonyl (C=O) groups is 1. The molecule has 5 nitrogen and oxygen atoms in total. The van der Waals surface area contributed by atoms with Crippen molar-refractivity contribution in [2.75, 3.05) is 0 Å².